The predicted octanol–water partition coefficient (Wildman–Crippen LogP) is 2.64. The Labute approximate surface area is 172 Å². The number of carbonyl (C=O) groups is 2. The lowest BCUT2D eigenvalue weighted by Gasteiger charge is -2.29. The van der Waals surface area contributed by atoms with Gasteiger partial charge < -0.3 is 10.1 Å². The van der Waals surface area contributed by atoms with Crippen molar-refractivity contribution in [1.82, 2.24) is 5.32 Å². The van der Waals surface area contributed by atoms with Crippen molar-refractivity contribution in [2.75, 3.05) is 23.7 Å². The third-order valence-electron chi connectivity index (χ3n) is 5.73. The molecule has 0 unspecified atom stereocenters. The summed E-state index contributed by atoms with van der Waals surface area (Å²) in [6.45, 7) is 2.63. The third-order valence-corrected chi connectivity index (χ3v) is 6.91. The van der Waals surface area contributed by atoms with E-state index in [9.17, 15) is 18.0 Å². The van der Waals surface area contributed by atoms with Crippen LogP contribution in [0.25, 0.3) is 0 Å². The van der Waals surface area contributed by atoms with Gasteiger partial charge in [-0.05, 0) is 62.3 Å². The predicted molar refractivity (Wildman–Crippen MR) is 111 cm³/mol. The Hall–Kier alpha value is -2.09. The van der Waals surface area contributed by atoms with Crippen LogP contribution < -0.4 is 9.62 Å². The van der Waals surface area contributed by atoms with E-state index in [0.717, 1.165) is 18.4 Å². The maximum atomic E-state index is 12.5. The second kappa shape index (κ2) is 9.15. The van der Waals surface area contributed by atoms with Crippen LogP contribution in [0.5, 0.6) is 0 Å². The zero-order valence-corrected chi connectivity index (χ0v) is 18.0. The Bertz CT molecular complexity index is 862. The number of nitrogens with one attached hydrogen (secondary N) is 1. The van der Waals surface area contributed by atoms with Crippen LogP contribution in [0, 0.1) is 5.92 Å². The lowest BCUT2D eigenvalue weighted by atomic mass is 9.89. The van der Waals surface area contributed by atoms with Crippen molar-refractivity contribution < 1.29 is 22.7 Å². The van der Waals surface area contributed by atoms with Crippen molar-refractivity contribution in [1.29, 1.82) is 0 Å². The number of anilines is 1. The number of ether oxygens (including phenoxy) is 1. The fourth-order valence-corrected chi connectivity index (χ4v) is 5.09. The van der Waals surface area contributed by atoms with Crippen molar-refractivity contribution in [2.24, 2.45) is 5.92 Å². The van der Waals surface area contributed by atoms with Gasteiger partial charge in [-0.25, -0.2) is 13.2 Å². The van der Waals surface area contributed by atoms with Gasteiger partial charge in [0.05, 0.1) is 17.5 Å². The second-order valence-electron chi connectivity index (χ2n) is 8.08. The highest BCUT2D eigenvalue weighted by atomic mass is 32.2. The summed E-state index contributed by atoms with van der Waals surface area (Å²) >= 11 is 0. The molecular formula is C21H30N2O5S. The highest BCUT2D eigenvalue weighted by molar-refractivity contribution is 7.92. The topological polar surface area (TPSA) is 92.8 Å². The van der Waals surface area contributed by atoms with E-state index in [2.05, 4.69) is 5.32 Å². The molecule has 0 saturated heterocycles. The van der Waals surface area contributed by atoms with E-state index >= 15 is 0 Å². The molecular weight excluding hydrogens is 392 g/mol. The van der Waals surface area contributed by atoms with Gasteiger partial charge >= 0.3 is 5.97 Å². The summed E-state index contributed by atoms with van der Waals surface area (Å²) < 4.78 is 30.6. The van der Waals surface area contributed by atoms with Gasteiger partial charge in [0.15, 0.2) is 6.10 Å². The first-order chi connectivity index (χ1) is 13.8. The normalized spacial score (nSPS) is 18.6. The number of fused-ring (bicyclic) bond motifs is 1. The van der Waals surface area contributed by atoms with E-state index in [1.54, 1.807) is 25.1 Å². The van der Waals surface area contributed by atoms with E-state index in [1.165, 1.54) is 29.8 Å². The first kappa shape index (κ1) is 21.6. The molecule has 1 N–H and O–H groups in total. The summed E-state index contributed by atoms with van der Waals surface area (Å²) in [6, 6.07) is 4.86. The number of carbonyl (C=O) groups excluding carboxylic acids is 2. The van der Waals surface area contributed by atoms with Gasteiger partial charge in [0.25, 0.3) is 5.91 Å². The van der Waals surface area contributed by atoms with Gasteiger partial charge in [0, 0.05) is 13.1 Å². The SMILES string of the molecule is C[C@H](OC(=O)c1ccc2c(c1)CCCN2S(C)(=O)=O)C(=O)NCC1CCCCC1. The minimum absolute atomic E-state index is 0.287. The van der Waals surface area contributed by atoms with Crippen molar-refractivity contribution in [2.45, 2.75) is 58.0 Å². The smallest absolute Gasteiger partial charge is 0.338 e. The number of benzene rings is 1. The molecule has 8 heteroatoms. The number of aryl methyl sites for hydroxylation is 1. The van der Waals surface area contributed by atoms with Gasteiger partial charge in [-0.1, -0.05) is 19.3 Å². The largest absolute Gasteiger partial charge is 0.449 e. The maximum absolute atomic E-state index is 12.5. The molecule has 0 radical (unpaired) electrons. The number of hydrogen-bond donors (Lipinski definition) is 1. The standard InChI is InChI=1S/C21H30N2O5S/c1-15(20(24)22-14-16-7-4-3-5-8-16)28-21(25)18-10-11-19-17(13-18)9-6-12-23(19)29(2,26)27/h10-11,13,15-16H,3-9,12,14H2,1-2H3,(H,22,24)/t15-/m0/s1. The molecule has 0 bridgehead atoms. The molecule has 2 aliphatic rings. The summed E-state index contributed by atoms with van der Waals surface area (Å²) in [4.78, 5) is 24.8. The van der Waals surface area contributed by atoms with Crippen molar-refractivity contribution in [3.05, 3.63) is 29.3 Å². The zero-order valence-electron chi connectivity index (χ0n) is 17.1. The molecule has 0 spiro atoms. The lowest BCUT2D eigenvalue weighted by molar-refractivity contribution is -0.129. The number of amides is 1. The fraction of sp³-hybridized carbons (Fsp3) is 0.619. The second-order valence-corrected chi connectivity index (χ2v) is 9.99. The first-order valence-corrected chi connectivity index (χ1v) is 12.2. The monoisotopic (exact) mass is 422 g/mol. The van der Waals surface area contributed by atoms with Crippen LogP contribution in [-0.4, -0.2) is 45.7 Å². The van der Waals surface area contributed by atoms with Crippen LogP contribution in [0.4, 0.5) is 5.69 Å². The summed E-state index contributed by atoms with van der Waals surface area (Å²) in [6.07, 6.45) is 7.63. The van der Waals surface area contributed by atoms with Crippen LogP contribution in [0.3, 0.4) is 0 Å². The first-order valence-electron chi connectivity index (χ1n) is 10.3. The minimum Gasteiger partial charge on any atom is -0.449 e. The molecule has 7 nitrogen and oxygen atoms in total. The molecule has 1 amide bonds. The van der Waals surface area contributed by atoms with E-state index in [-0.39, 0.29) is 5.91 Å². The van der Waals surface area contributed by atoms with Gasteiger partial charge in [-0.3, -0.25) is 9.10 Å². The van der Waals surface area contributed by atoms with Crippen molar-refractivity contribution >= 4 is 27.6 Å². The summed E-state index contributed by atoms with van der Waals surface area (Å²) in [5, 5.41) is 2.89. The Morgan fingerprint density at radius 1 is 1.21 bits per heavy atom. The average Bonchev–Trinajstić information content (AvgIpc) is 2.71. The lowest BCUT2D eigenvalue weighted by Crippen LogP contribution is -2.38. The molecule has 1 aromatic carbocycles. The summed E-state index contributed by atoms with van der Waals surface area (Å²) in [7, 11) is -3.35. The third kappa shape index (κ3) is 5.50. The molecule has 1 fully saturated rings. The Morgan fingerprint density at radius 2 is 1.93 bits per heavy atom. The molecule has 1 heterocycles. The summed E-state index contributed by atoms with van der Waals surface area (Å²) in [5.74, 6) is -0.358. The molecule has 29 heavy (non-hydrogen) atoms. The molecule has 1 aromatic rings. The van der Waals surface area contributed by atoms with E-state index in [1.807, 2.05) is 0 Å². The van der Waals surface area contributed by atoms with Gasteiger partial charge in [0.2, 0.25) is 10.0 Å². The Morgan fingerprint density at radius 3 is 2.62 bits per heavy atom. The summed E-state index contributed by atoms with van der Waals surface area (Å²) in [5.41, 5.74) is 1.73. The van der Waals surface area contributed by atoms with Gasteiger partial charge in [0.1, 0.15) is 0 Å². The fourth-order valence-electron chi connectivity index (χ4n) is 4.10. The molecule has 0 aromatic heterocycles. The molecule has 1 saturated carbocycles. The Balaban J connectivity index is 1.59. The molecule has 1 atom stereocenters. The van der Waals surface area contributed by atoms with Gasteiger partial charge in [-0.15, -0.1) is 0 Å². The average molecular weight is 423 g/mol. The molecule has 1 aliphatic carbocycles. The zero-order chi connectivity index (χ0) is 21.0. The number of hydrogen-bond acceptors (Lipinski definition) is 5. The van der Waals surface area contributed by atoms with Crippen LogP contribution in [0.2, 0.25) is 0 Å². The van der Waals surface area contributed by atoms with E-state index in [4.69, 9.17) is 4.74 Å². The molecule has 160 valence electrons. The van der Waals surface area contributed by atoms with Crippen molar-refractivity contribution in [3.8, 4) is 0 Å². The van der Waals surface area contributed by atoms with Gasteiger partial charge in [-0.2, -0.15) is 0 Å². The van der Waals surface area contributed by atoms with Crippen LogP contribution in [0.1, 0.15) is 61.4 Å². The Kier molecular flexibility index (Phi) is 6.82. The van der Waals surface area contributed by atoms with E-state index in [0.29, 0.717) is 43.1 Å². The van der Waals surface area contributed by atoms with Crippen LogP contribution >= 0.6 is 0 Å². The number of esters is 1. The molecule has 1 aliphatic heterocycles. The van der Waals surface area contributed by atoms with E-state index < -0.39 is 22.1 Å². The number of rotatable bonds is 6. The quantitative estimate of drug-likeness (QED) is 0.712. The highest BCUT2D eigenvalue weighted by Gasteiger charge is 2.26. The van der Waals surface area contributed by atoms with Crippen LogP contribution in [0.15, 0.2) is 18.2 Å². The number of sulfonamides is 1. The number of nitrogens with zero attached hydrogens (tertiary/aromatic N) is 1. The minimum atomic E-state index is -3.35. The highest BCUT2D eigenvalue weighted by Crippen LogP contribution is 2.30. The van der Waals surface area contributed by atoms with Crippen LogP contribution in [-0.2, 0) is 26.0 Å². The molecule has 3 rings (SSSR count). The maximum Gasteiger partial charge on any atom is 0.338 e. The van der Waals surface area contributed by atoms with Crippen molar-refractivity contribution in [3.63, 3.8) is 0 Å².